The van der Waals surface area contributed by atoms with Gasteiger partial charge >= 0.3 is 0 Å². The van der Waals surface area contributed by atoms with Gasteiger partial charge in [-0.1, -0.05) is 0 Å². The highest BCUT2D eigenvalue weighted by Crippen LogP contribution is 2.31. The van der Waals surface area contributed by atoms with Crippen LogP contribution in [0.15, 0.2) is 17.0 Å². The molecule has 3 nitrogen and oxygen atoms in total. The van der Waals surface area contributed by atoms with Gasteiger partial charge in [-0.15, -0.1) is 0 Å². The van der Waals surface area contributed by atoms with Crippen molar-refractivity contribution in [2.45, 2.75) is 23.8 Å². The molecule has 16 heavy (non-hydrogen) atoms. The molecule has 1 aliphatic rings. The van der Waals surface area contributed by atoms with Crippen LogP contribution in [-0.2, 0) is 9.84 Å². The lowest BCUT2D eigenvalue weighted by atomic mass is 10.0. The second-order valence-electron chi connectivity index (χ2n) is 3.87. The van der Waals surface area contributed by atoms with Gasteiger partial charge < -0.3 is 5.73 Å². The minimum atomic E-state index is -3.54. The molecule has 88 valence electrons. The summed E-state index contributed by atoms with van der Waals surface area (Å²) >= 11 is 0. The van der Waals surface area contributed by atoms with Gasteiger partial charge in [0.05, 0.1) is 10.6 Å². The molecule has 2 rings (SSSR count). The predicted molar refractivity (Wildman–Crippen MR) is 54.6 cm³/mol. The average Bonchev–Trinajstić information content (AvgIpc) is 2.29. The number of fused-ring (bicyclic) bond motifs is 1. The molecule has 0 amide bonds. The standard InChI is InChI=1S/C10H11F2NO2S/c11-7-4-6-9(13)2-1-3-16(14,15)10(6)5-8(7)12/h4-5,9H,1-3,13H2. The summed E-state index contributed by atoms with van der Waals surface area (Å²) in [5.74, 6) is -2.29. The fraction of sp³-hybridized carbons (Fsp3) is 0.400. The number of sulfone groups is 1. The number of benzene rings is 1. The first kappa shape index (κ1) is 11.5. The Labute approximate surface area is 92.2 Å². The van der Waals surface area contributed by atoms with Gasteiger partial charge in [0.25, 0.3) is 0 Å². The van der Waals surface area contributed by atoms with Crippen molar-refractivity contribution in [1.29, 1.82) is 0 Å². The molecule has 0 spiro atoms. The first-order valence-electron chi connectivity index (χ1n) is 4.89. The zero-order valence-electron chi connectivity index (χ0n) is 8.41. The molecule has 0 fully saturated rings. The molecule has 1 unspecified atom stereocenters. The molecule has 0 radical (unpaired) electrons. The van der Waals surface area contributed by atoms with Crippen LogP contribution in [0.1, 0.15) is 24.4 Å². The molecule has 0 aromatic heterocycles. The predicted octanol–water partition coefficient (Wildman–Crippen LogP) is 1.53. The van der Waals surface area contributed by atoms with Crippen molar-refractivity contribution in [2.75, 3.05) is 5.75 Å². The van der Waals surface area contributed by atoms with Crippen LogP contribution in [0.5, 0.6) is 0 Å². The second kappa shape index (κ2) is 3.78. The van der Waals surface area contributed by atoms with E-state index in [-0.39, 0.29) is 16.2 Å². The summed E-state index contributed by atoms with van der Waals surface area (Å²) in [5, 5.41) is 0. The third-order valence-corrected chi connectivity index (χ3v) is 4.57. The first-order chi connectivity index (χ1) is 7.42. The Morgan fingerprint density at radius 3 is 2.56 bits per heavy atom. The third-order valence-electron chi connectivity index (χ3n) is 2.72. The molecule has 1 aliphatic heterocycles. The fourth-order valence-electron chi connectivity index (χ4n) is 1.86. The molecule has 2 N–H and O–H groups in total. The number of hydrogen-bond donors (Lipinski definition) is 1. The maximum absolute atomic E-state index is 13.0. The van der Waals surface area contributed by atoms with E-state index in [1.165, 1.54) is 0 Å². The smallest absolute Gasteiger partial charge is 0.178 e. The first-order valence-corrected chi connectivity index (χ1v) is 6.54. The summed E-state index contributed by atoms with van der Waals surface area (Å²) < 4.78 is 49.6. The van der Waals surface area contributed by atoms with E-state index in [2.05, 4.69) is 0 Å². The summed E-state index contributed by atoms with van der Waals surface area (Å²) in [6, 6.07) is 1.06. The Morgan fingerprint density at radius 1 is 1.25 bits per heavy atom. The Balaban J connectivity index is 2.73. The van der Waals surface area contributed by atoms with Crippen molar-refractivity contribution in [3.63, 3.8) is 0 Å². The zero-order chi connectivity index (χ0) is 11.9. The Morgan fingerprint density at radius 2 is 1.88 bits per heavy atom. The Bertz CT molecular complexity index is 528. The lowest BCUT2D eigenvalue weighted by Crippen LogP contribution is -2.12. The Hall–Kier alpha value is -1.01. The van der Waals surface area contributed by atoms with Crippen LogP contribution in [0.4, 0.5) is 8.78 Å². The summed E-state index contributed by atoms with van der Waals surface area (Å²) in [6.07, 6.45) is 0.860. The van der Waals surface area contributed by atoms with Gasteiger partial charge in [-0.25, -0.2) is 17.2 Å². The van der Waals surface area contributed by atoms with Crippen LogP contribution < -0.4 is 5.73 Å². The summed E-state index contributed by atoms with van der Waals surface area (Å²) in [5.41, 5.74) is 5.91. The molecular formula is C10H11F2NO2S. The van der Waals surface area contributed by atoms with Gasteiger partial charge in [-0.2, -0.15) is 0 Å². The molecule has 1 aromatic rings. The van der Waals surface area contributed by atoms with Crippen LogP contribution in [0, 0.1) is 11.6 Å². The second-order valence-corrected chi connectivity index (χ2v) is 5.95. The normalized spacial score (nSPS) is 23.6. The van der Waals surface area contributed by atoms with Crippen molar-refractivity contribution in [3.05, 3.63) is 29.3 Å². The molecule has 0 bridgehead atoms. The van der Waals surface area contributed by atoms with E-state index in [0.717, 1.165) is 12.1 Å². The number of rotatable bonds is 0. The molecule has 0 saturated heterocycles. The van der Waals surface area contributed by atoms with E-state index in [0.29, 0.717) is 12.8 Å². The number of nitrogens with two attached hydrogens (primary N) is 1. The van der Waals surface area contributed by atoms with E-state index >= 15 is 0 Å². The molecule has 1 aromatic carbocycles. The summed E-state index contributed by atoms with van der Waals surface area (Å²) in [4.78, 5) is -0.170. The number of hydrogen-bond acceptors (Lipinski definition) is 3. The maximum Gasteiger partial charge on any atom is 0.178 e. The van der Waals surface area contributed by atoms with Crippen LogP contribution in [0.25, 0.3) is 0 Å². The lowest BCUT2D eigenvalue weighted by molar-refractivity contribution is 0.499. The number of halogens is 2. The minimum Gasteiger partial charge on any atom is -0.324 e. The highest BCUT2D eigenvalue weighted by atomic mass is 32.2. The van der Waals surface area contributed by atoms with Crippen LogP contribution in [0.3, 0.4) is 0 Å². The van der Waals surface area contributed by atoms with Crippen LogP contribution >= 0.6 is 0 Å². The van der Waals surface area contributed by atoms with E-state index in [4.69, 9.17) is 5.73 Å². The SMILES string of the molecule is NC1CCCS(=O)(=O)c2cc(F)c(F)cc21. The van der Waals surface area contributed by atoms with Gasteiger partial charge in [0.15, 0.2) is 21.5 Å². The summed E-state index contributed by atoms with van der Waals surface area (Å²) in [6.45, 7) is 0. The summed E-state index contributed by atoms with van der Waals surface area (Å²) in [7, 11) is -3.54. The van der Waals surface area contributed by atoms with Gasteiger partial charge in [0.2, 0.25) is 0 Å². The molecule has 0 aliphatic carbocycles. The largest absolute Gasteiger partial charge is 0.324 e. The highest BCUT2D eigenvalue weighted by molar-refractivity contribution is 7.91. The molecular weight excluding hydrogens is 236 g/mol. The van der Waals surface area contributed by atoms with Crippen molar-refractivity contribution in [3.8, 4) is 0 Å². The van der Waals surface area contributed by atoms with E-state index in [9.17, 15) is 17.2 Å². The van der Waals surface area contributed by atoms with Crippen LogP contribution in [0.2, 0.25) is 0 Å². The molecule has 1 atom stereocenters. The lowest BCUT2D eigenvalue weighted by Gasteiger charge is -2.12. The topological polar surface area (TPSA) is 60.2 Å². The maximum atomic E-state index is 13.0. The van der Waals surface area contributed by atoms with Gasteiger partial charge in [0.1, 0.15) is 0 Å². The highest BCUT2D eigenvalue weighted by Gasteiger charge is 2.27. The minimum absolute atomic E-state index is 0.0707. The zero-order valence-corrected chi connectivity index (χ0v) is 9.23. The van der Waals surface area contributed by atoms with Crippen LogP contribution in [-0.4, -0.2) is 14.2 Å². The molecule has 6 heteroatoms. The van der Waals surface area contributed by atoms with Gasteiger partial charge in [-0.05, 0) is 30.5 Å². The molecule has 1 heterocycles. The van der Waals surface area contributed by atoms with Crippen molar-refractivity contribution in [1.82, 2.24) is 0 Å². The monoisotopic (exact) mass is 247 g/mol. The van der Waals surface area contributed by atoms with Crippen molar-refractivity contribution in [2.24, 2.45) is 5.73 Å². The van der Waals surface area contributed by atoms with E-state index in [1.807, 2.05) is 0 Å². The third kappa shape index (κ3) is 1.82. The van der Waals surface area contributed by atoms with Gasteiger partial charge in [-0.3, -0.25) is 0 Å². The molecule has 0 saturated carbocycles. The quantitative estimate of drug-likeness (QED) is 0.707. The van der Waals surface area contributed by atoms with E-state index in [1.54, 1.807) is 0 Å². The van der Waals surface area contributed by atoms with E-state index < -0.39 is 27.5 Å². The van der Waals surface area contributed by atoms with Crippen molar-refractivity contribution >= 4 is 9.84 Å². The van der Waals surface area contributed by atoms with Crippen molar-refractivity contribution < 1.29 is 17.2 Å². The van der Waals surface area contributed by atoms with Gasteiger partial charge in [0, 0.05) is 6.04 Å². The average molecular weight is 247 g/mol. The fourth-order valence-corrected chi connectivity index (χ4v) is 3.48. The Kier molecular flexibility index (Phi) is 2.71.